The number of halogens is 2. The summed E-state index contributed by atoms with van der Waals surface area (Å²) < 4.78 is 46.5. The first-order chi connectivity index (χ1) is 15.3. The summed E-state index contributed by atoms with van der Waals surface area (Å²) in [6.07, 6.45) is 2.47. The molecular weight excluding hydrogens is 457 g/mol. The molecule has 10 heteroatoms. The fraction of sp³-hybridized carbons (Fsp3) is 0.409. The highest BCUT2D eigenvalue weighted by Crippen LogP contribution is 2.27. The Morgan fingerprint density at radius 3 is 2.50 bits per heavy atom. The molecule has 2 aromatic carbocycles. The number of carbonyl (C=O) groups is 1. The van der Waals surface area contributed by atoms with Crippen LogP contribution in [0.5, 0.6) is 0 Å². The van der Waals surface area contributed by atoms with Crippen molar-refractivity contribution in [3.63, 3.8) is 0 Å². The largest absolute Gasteiger partial charge is 0.377 e. The van der Waals surface area contributed by atoms with Crippen LogP contribution in [-0.2, 0) is 14.8 Å². The van der Waals surface area contributed by atoms with Crippen LogP contribution in [0.3, 0.4) is 0 Å². The highest BCUT2D eigenvalue weighted by Gasteiger charge is 2.26. The Kier molecular flexibility index (Phi) is 6.99. The van der Waals surface area contributed by atoms with E-state index in [1.54, 1.807) is 11.0 Å². The van der Waals surface area contributed by atoms with Crippen molar-refractivity contribution in [2.75, 3.05) is 44.1 Å². The minimum absolute atomic E-state index is 0.0962. The molecule has 1 atom stereocenters. The van der Waals surface area contributed by atoms with E-state index in [0.717, 1.165) is 63.3 Å². The summed E-state index contributed by atoms with van der Waals surface area (Å²) in [6.45, 7) is 4.42. The third kappa shape index (κ3) is 5.40. The van der Waals surface area contributed by atoms with Crippen LogP contribution in [0.25, 0.3) is 0 Å². The topological polar surface area (TPSA) is 79.0 Å². The van der Waals surface area contributed by atoms with Crippen LogP contribution in [-0.4, -0.2) is 69.6 Å². The Morgan fingerprint density at radius 2 is 1.84 bits per heavy atom. The Bertz CT molecular complexity index is 1070. The number of carbonyl (C=O) groups excluding carboxylic acids is 1. The van der Waals surface area contributed by atoms with E-state index in [1.165, 1.54) is 12.1 Å². The molecule has 0 spiro atoms. The third-order valence-corrected chi connectivity index (χ3v) is 7.44. The molecule has 2 fully saturated rings. The first kappa shape index (κ1) is 23.0. The number of nitrogens with one attached hydrogen (secondary N) is 1. The molecule has 0 aromatic heterocycles. The number of rotatable bonds is 6. The number of piperazine rings is 1. The van der Waals surface area contributed by atoms with Gasteiger partial charge >= 0.3 is 0 Å². The van der Waals surface area contributed by atoms with Gasteiger partial charge in [-0.1, -0.05) is 11.6 Å². The Hall–Kier alpha value is -2.20. The maximum Gasteiger partial charge on any atom is 0.261 e. The number of ether oxygens (including phenoxy) is 1. The van der Waals surface area contributed by atoms with Crippen LogP contribution in [0, 0.1) is 5.82 Å². The third-order valence-electron chi connectivity index (χ3n) is 5.73. The van der Waals surface area contributed by atoms with E-state index in [9.17, 15) is 17.6 Å². The summed E-state index contributed by atoms with van der Waals surface area (Å²) in [4.78, 5) is 17.0. The van der Waals surface area contributed by atoms with Crippen molar-refractivity contribution in [1.82, 2.24) is 9.80 Å². The number of amides is 1. The normalized spacial score (nSPS) is 19.8. The average molecular weight is 482 g/mol. The van der Waals surface area contributed by atoms with E-state index in [4.69, 9.17) is 16.3 Å². The fourth-order valence-corrected chi connectivity index (χ4v) is 5.24. The standard InChI is InChI=1S/C22H25ClFN3O4S/c23-20-8-3-16(14-21(20)25-32(29,30)19-6-4-17(24)5-7-19)22(28)27-11-9-26(10-12-27)15-18-2-1-13-31-18/h3-8,14,18,25H,1-2,9-13,15H2. The molecular formula is C22H25ClFN3O4S. The SMILES string of the molecule is O=C(c1ccc(Cl)c(NS(=O)(=O)c2ccc(F)cc2)c1)N1CCN(CC2CCCO2)CC1. The summed E-state index contributed by atoms with van der Waals surface area (Å²) in [5.74, 6) is -0.717. The molecule has 2 aliphatic rings. The molecule has 2 saturated heterocycles. The second-order valence-electron chi connectivity index (χ2n) is 7.98. The predicted molar refractivity (Wildman–Crippen MR) is 120 cm³/mol. The van der Waals surface area contributed by atoms with E-state index < -0.39 is 15.8 Å². The summed E-state index contributed by atoms with van der Waals surface area (Å²) in [6, 6.07) is 8.96. The minimum atomic E-state index is -3.98. The molecule has 0 aliphatic carbocycles. The van der Waals surface area contributed by atoms with Gasteiger partial charge in [-0.3, -0.25) is 14.4 Å². The van der Waals surface area contributed by atoms with Crippen molar-refractivity contribution in [2.45, 2.75) is 23.8 Å². The van der Waals surface area contributed by atoms with Gasteiger partial charge in [0.1, 0.15) is 5.82 Å². The van der Waals surface area contributed by atoms with E-state index in [-0.39, 0.29) is 27.6 Å². The number of hydrogen-bond donors (Lipinski definition) is 1. The first-order valence-corrected chi connectivity index (χ1v) is 12.4. The van der Waals surface area contributed by atoms with Crippen LogP contribution in [0.1, 0.15) is 23.2 Å². The van der Waals surface area contributed by atoms with Crippen LogP contribution in [0.4, 0.5) is 10.1 Å². The lowest BCUT2D eigenvalue weighted by atomic mass is 10.1. The highest BCUT2D eigenvalue weighted by molar-refractivity contribution is 7.92. The molecule has 0 radical (unpaired) electrons. The van der Waals surface area contributed by atoms with Crippen molar-refractivity contribution in [1.29, 1.82) is 0 Å². The lowest BCUT2D eigenvalue weighted by Crippen LogP contribution is -2.50. The molecule has 172 valence electrons. The molecule has 2 heterocycles. The average Bonchev–Trinajstić information content (AvgIpc) is 3.28. The lowest BCUT2D eigenvalue weighted by molar-refractivity contribution is 0.0433. The second kappa shape index (κ2) is 9.74. The number of hydrogen-bond acceptors (Lipinski definition) is 5. The van der Waals surface area contributed by atoms with Crippen LogP contribution < -0.4 is 4.72 Å². The van der Waals surface area contributed by atoms with E-state index >= 15 is 0 Å². The van der Waals surface area contributed by atoms with Crippen molar-refractivity contribution in [3.8, 4) is 0 Å². The zero-order valence-electron chi connectivity index (χ0n) is 17.5. The van der Waals surface area contributed by atoms with Crippen molar-refractivity contribution < 1.29 is 22.3 Å². The molecule has 1 N–H and O–H groups in total. The van der Waals surface area contributed by atoms with Gasteiger partial charge in [0.15, 0.2) is 0 Å². The van der Waals surface area contributed by atoms with Crippen molar-refractivity contribution >= 4 is 33.2 Å². The predicted octanol–water partition coefficient (Wildman–Crippen LogP) is 3.22. The molecule has 4 rings (SSSR count). The zero-order valence-corrected chi connectivity index (χ0v) is 19.0. The van der Waals surface area contributed by atoms with Crippen LogP contribution >= 0.6 is 11.6 Å². The quantitative estimate of drug-likeness (QED) is 0.685. The van der Waals surface area contributed by atoms with Gasteiger partial charge in [-0.2, -0.15) is 0 Å². The molecule has 2 aromatic rings. The van der Waals surface area contributed by atoms with E-state index in [1.807, 2.05) is 0 Å². The number of nitrogens with zero attached hydrogens (tertiary/aromatic N) is 2. The van der Waals surface area contributed by atoms with Gasteiger partial charge in [-0.25, -0.2) is 12.8 Å². The molecule has 0 saturated carbocycles. The maximum absolute atomic E-state index is 13.1. The van der Waals surface area contributed by atoms with Gasteiger partial charge in [0.05, 0.1) is 21.7 Å². The van der Waals surface area contributed by atoms with E-state index in [0.29, 0.717) is 18.7 Å². The summed E-state index contributed by atoms with van der Waals surface area (Å²) in [5, 5.41) is 0.161. The van der Waals surface area contributed by atoms with E-state index in [2.05, 4.69) is 9.62 Å². The monoisotopic (exact) mass is 481 g/mol. The highest BCUT2D eigenvalue weighted by atomic mass is 35.5. The summed E-state index contributed by atoms with van der Waals surface area (Å²) in [5.41, 5.74) is 0.442. The summed E-state index contributed by atoms with van der Waals surface area (Å²) in [7, 11) is -3.98. The molecule has 1 unspecified atom stereocenters. The first-order valence-electron chi connectivity index (χ1n) is 10.5. The van der Waals surface area contributed by atoms with Gasteiger partial charge < -0.3 is 9.64 Å². The Morgan fingerprint density at radius 1 is 1.12 bits per heavy atom. The van der Waals surface area contributed by atoms with Gasteiger partial charge in [-0.05, 0) is 55.3 Å². The second-order valence-corrected chi connectivity index (χ2v) is 10.1. The minimum Gasteiger partial charge on any atom is -0.377 e. The molecule has 1 amide bonds. The van der Waals surface area contributed by atoms with Gasteiger partial charge in [-0.15, -0.1) is 0 Å². The maximum atomic E-state index is 13.1. The molecule has 0 bridgehead atoms. The van der Waals surface area contributed by atoms with Gasteiger partial charge in [0.2, 0.25) is 0 Å². The van der Waals surface area contributed by atoms with Crippen molar-refractivity contribution in [2.24, 2.45) is 0 Å². The van der Waals surface area contributed by atoms with Crippen LogP contribution in [0.2, 0.25) is 5.02 Å². The van der Waals surface area contributed by atoms with Gasteiger partial charge in [0.25, 0.3) is 15.9 Å². The molecule has 7 nitrogen and oxygen atoms in total. The Labute approximate surface area is 192 Å². The fourth-order valence-electron chi connectivity index (χ4n) is 3.95. The molecule has 32 heavy (non-hydrogen) atoms. The Balaban J connectivity index is 1.42. The van der Waals surface area contributed by atoms with Gasteiger partial charge in [0, 0.05) is 44.9 Å². The van der Waals surface area contributed by atoms with Crippen LogP contribution in [0.15, 0.2) is 47.4 Å². The summed E-state index contributed by atoms with van der Waals surface area (Å²) >= 11 is 6.18. The number of benzene rings is 2. The lowest BCUT2D eigenvalue weighted by Gasteiger charge is -2.35. The zero-order chi connectivity index (χ0) is 22.7. The molecule has 2 aliphatic heterocycles. The van der Waals surface area contributed by atoms with Crippen molar-refractivity contribution in [3.05, 3.63) is 58.9 Å². The number of anilines is 1. The number of sulfonamides is 1. The smallest absolute Gasteiger partial charge is 0.261 e.